The summed E-state index contributed by atoms with van der Waals surface area (Å²) in [5.74, 6) is -1.10. The maximum Gasteiger partial charge on any atom is 0.281 e. The first-order valence-electron chi connectivity index (χ1n) is 7.35. The highest BCUT2D eigenvalue weighted by atomic mass is 35.5. The van der Waals surface area contributed by atoms with E-state index in [2.05, 4.69) is 10.9 Å². The van der Waals surface area contributed by atoms with Gasteiger partial charge in [-0.2, -0.15) is 0 Å². The molecule has 6 nitrogen and oxygen atoms in total. The number of hydrazine groups is 1. The van der Waals surface area contributed by atoms with E-state index in [1.807, 2.05) is 24.3 Å². The second kappa shape index (κ2) is 7.06. The molecular formula is C17H13ClN2O4S2. The predicted molar refractivity (Wildman–Crippen MR) is 101 cm³/mol. The van der Waals surface area contributed by atoms with E-state index >= 15 is 0 Å². The highest BCUT2D eigenvalue weighted by molar-refractivity contribution is 7.90. The Morgan fingerprint density at radius 3 is 2.19 bits per heavy atom. The first-order valence-corrected chi connectivity index (χ1v) is 10.4. The molecule has 0 aliphatic rings. The van der Waals surface area contributed by atoms with Crippen LogP contribution in [0.1, 0.15) is 20.0 Å². The Hall–Kier alpha value is -2.42. The quantitative estimate of drug-likeness (QED) is 0.651. The third-order valence-electron chi connectivity index (χ3n) is 3.58. The van der Waals surface area contributed by atoms with Crippen molar-refractivity contribution < 1.29 is 18.0 Å². The zero-order valence-electron chi connectivity index (χ0n) is 13.4. The van der Waals surface area contributed by atoms with Gasteiger partial charge >= 0.3 is 0 Å². The van der Waals surface area contributed by atoms with Gasteiger partial charge in [0.15, 0.2) is 9.84 Å². The fourth-order valence-electron chi connectivity index (χ4n) is 2.26. The molecule has 2 N–H and O–H groups in total. The van der Waals surface area contributed by atoms with E-state index < -0.39 is 21.7 Å². The molecule has 2 amide bonds. The van der Waals surface area contributed by atoms with Gasteiger partial charge in [-0.05, 0) is 30.3 Å². The van der Waals surface area contributed by atoms with Crippen LogP contribution in [0.2, 0.25) is 5.02 Å². The molecule has 1 heterocycles. The topological polar surface area (TPSA) is 92.3 Å². The lowest BCUT2D eigenvalue weighted by atomic mass is 10.2. The average molecular weight is 409 g/mol. The standard InChI is InChI=1S/C17H13ClN2O4S2/c1-26(23,24)11-8-6-10(7-9-11)16(21)19-20-17(22)15-14(18)12-4-2-3-5-13(12)25-15/h2-9H,1H3,(H,19,21)(H,20,22). The molecule has 0 saturated carbocycles. The predicted octanol–water partition coefficient (Wildman–Crippen LogP) is 3.03. The van der Waals surface area contributed by atoms with Gasteiger partial charge in [-0.25, -0.2) is 8.42 Å². The number of carbonyl (C=O) groups is 2. The molecule has 0 saturated heterocycles. The number of sulfone groups is 1. The maximum absolute atomic E-state index is 12.3. The van der Waals surface area contributed by atoms with Crippen LogP contribution in [0.25, 0.3) is 10.1 Å². The lowest BCUT2D eigenvalue weighted by Gasteiger charge is -2.07. The molecule has 9 heteroatoms. The molecule has 0 unspecified atom stereocenters. The van der Waals surface area contributed by atoms with Gasteiger partial charge in [0.1, 0.15) is 4.88 Å². The van der Waals surface area contributed by atoms with Crippen LogP contribution < -0.4 is 10.9 Å². The molecule has 0 atom stereocenters. The molecule has 134 valence electrons. The number of thiophene rings is 1. The van der Waals surface area contributed by atoms with Gasteiger partial charge < -0.3 is 0 Å². The zero-order chi connectivity index (χ0) is 18.9. The van der Waals surface area contributed by atoms with Crippen LogP contribution in [0.4, 0.5) is 0 Å². The molecule has 3 rings (SSSR count). The summed E-state index contributed by atoms with van der Waals surface area (Å²) in [4.78, 5) is 24.8. The average Bonchev–Trinajstić information content (AvgIpc) is 2.96. The van der Waals surface area contributed by atoms with E-state index in [-0.39, 0.29) is 10.5 Å². The van der Waals surface area contributed by atoms with Gasteiger partial charge in [-0.15, -0.1) is 11.3 Å². The molecule has 0 spiro atoms. The third-order valence-corrected chi connectivity index (χ3v) is 6.38. The molecule has 0 radical (unpaired) electrons. The van der Waals surface area contributed by atoms with Crippen molar-refractivity contribution >= 4 is 54.7 Å². The number of hydrogen-bond acceptors (Lipinski definition) is 5. The second-order valence-electron chi connectivity index (χ2n) is 5.45. The highest BCUT2D eigenvalue weighted by Gasteiger charge is 2.18. The minimum absolute atomic E-state index is 0.107. The van der Waals surface area contributed by atoms with E-state index in [4.69, 9.17) is 11.6 Å². The Bertz CT molecular complexity index is 1110. The van der Waals surface area contributed by atoms with Crippen LogP contribution in [0.15, 0.2) is 53.4 Å². The summed E-state index contributed by atoms with van der Waals surface area (Å²) in [7, 11) is -3.34. The summed E-state index contributed by atoms with van der Waals surface area (Å²) >= 11 is 7.45. The smallest absolute Gasteiger partial charge is 0.267 e. The molecule has 3 aromatic rings. The molecule has 0 fully saturated rings. The lowest BCUT2D eigenvalue weighted by molar-refractivity contribution is 0.0849. The van der Waals surface area contributed by atoms with Crippen molar-refractivity contribution in [1.82, 2.24) is 10.9 Å². The van der Waals surface area contributed by atoms with Crippen molar-refractivity contribution in [2.45, 2.75) is 4.90 Å². The molecule has 0 aliphatic heterocycles. The van der Waals surface area contributed by atoms with Crippen LogP contribution >= 0.6 is 22.9 Å². The molecular weight excluding hydrogens is 396 g/mol. The number of rotatable bonds is 3. The highest BCUT2D eigenvalue weighted by Crippen LogP contribution is 2.34. The Morgan fingerprint density at radius 1 is 0.962 bits per heavy atom. The number of amides is 2. The maximum atomic E-state index is 12.3. The summed E-state index contributed by atoms with van der Waals surface area (Å²) < 4.78 is 23.7. The largest absolute Gasteiger partial charge is 0.281 e. The normalized spacial score (nSPS) is 11.3. The van der Waals surface area contributed by atoms with Gasteiger partial charge in [0.25, 0.3) is 11.8 Å². The summed E-state index contributed by atoms with van der Waals surface area (Å²) in [5.41, 5.74) is 4.81. The summed E-state index contributed by atoms with van der Waals surface area (Å²) in [6.07, 6.45) is 1.08. The Balaban J connectivity index is 1.70. The number of benzene rings is 2. The van der Waals surface area contributed by atoms with Crippen molar-refractivity contribution in [2.75, 3.05) is 6.26 Å². The second-order valence-corrected chi connectivity index (χ2v) is 8.89. The van der Waals surface area contributed by atoms with Crippen LogP contribution in [0.3, 0.4) is 0 Å². The molecule has 26 heavy (non-hydrogen) atoms. The van der Waals surface area contributed by atoms with E-state index in [0.29, 0.717) is 9.90 Å². The fourth-order valence-corrected chi connectivity index (χ4v) is 4.30. The van der Waals surface area contributed by atoms with Gasteiger partial charge in [0, 0.05) is 21.9 Å². The summed E-state index contributed by atoms with van der Waals surface area (Å²) in [6, 6.07) is 12.7. The lowest BCUT2D eigenvalue weighted by Crippen LogP contribution is -2.41. The van der Waals surface area contributed by atoms with Gasteiger partial charge in [-0.3, -0.25) is 20.4 Å². The molecule has 0 aliphatic carbocycles. The van der Waals surface area contributed by atoms with Crippen molar-refractivity contribution in [3.63, 3.8) is 0 Å². The summed E-state index contributed by atoms with van der Waals surface area (Å²) in [6.45, 7) is 0. The number of hydrogen-bond donors (Lipinski definition) is 2. The molecule has 1 aromatic heterocycles. The van der Waals surface area contributed by atoms with Crippen LogP contribution in [-0.4, -0.2) is 26.5 Å². The Morgan fingerprint density at radius 2 is 1.58 bits per heavy atom. The number of carbonyl (C=O) groups excluding carboxylic acids is 2. The van der Waals surface area contributed by atoms with Crippen LogP contribution in [-0.2, 0) is 9.84 Å². The van der Waals surface area contributed by atoms with Crippen molar-refractivity contribution in [3.8, 4) is 0 Å². The number of fused-ring (bicyclic) bond motifs is 1. The first kappa shape index (κ1) is 18.4. The molecule has 0 bridgehead atoms. The Kier molecular flexibility index (Phi) is 4.99. The minimum Gasteiger partial charge on any atom is -0.267 e. The van der Waals surface area contributed by atoms with E-state index in [0.717, 1.165) is 16.3 Å². The summed E-state index contributed by atoms with van der Waals surface area (Å²) in [5, 5.41) is 1.10. The zero-order valence-corrected chi connectivity index (χ0v) is 15.8. The van der Waals surface area contributed by atoms with Gasteiger partial charge in [0.05, 0.1) is 9.92 Å². The number of halogens is 1. The monoisotopic (exact) mass is 408 g/mol. The minimum atomic E-state index is -3.34. The van der Waals surface area contributed by atoms with E-state index in [9.17, 15) is 18.0 Å². The SMILES string of the molecule is CS(=O)(=O)c1ccc(C(=O)NNC(=O)c2sc3ccccc3c2Cl)cc1. The van der Waals surface area contributed by atoms with Crippen LogP contribution in [0, 0.1) is 0 Å². The third kappa shape index (κ3) is 3.72. The van der Waals surface area contributed by atoms with Crippen molar-refractivity contribution in [1.29, 1.82) is 0 Å². The van der Waals surface area contributed by atoms with E-state index in [1.54, 1.807) is 0 Å². The van der Waals surface area contributed by atoms with Gasteiger partial charge in [-0.1, -0.05) is 29.8 Å². The van der Waals surface area contributed by atoms with Crippen molar-refractivity contribution in [3.05, 3.63) is 64.0 Å². The first-order chi connectivity index (χ1) is 12.3. The molecule has 2 aromatic carbocycles. The fraction of sp³-hybridized carbons (Fsp3) is 0.0588. The number of nitrogens with one attached hydrogen (secondary N) is 2. The van der Waals surface area contributed by atoms with Crippen LogP contribution in [0.5, 0.6) is 0 Å². The Labute approximate surface area is 158 Å². The van der Waals surface area contributed by atoms with Gasteiger partial charge in [0.2, 0.25) is 0 Å². The van der Waals surface area contributed by atoms with E-state index in [1.165, 1.54) is 35.6 Å². The van der Waals surface area contributed by atoms with Crippen molar-refractivity contribution in [2.24, 2.45) is 0 Å².